The first kappa shape index (κ1) is 17.3. The normalized spacial score (nSPS) is 16.0. The van der Waals surface area contributed by atoms with Crippen LogP contribution < -0.4 is 15.0 Å². The number of Topliss-reactive ketones (excluding diaryl/α,β-unsaturated/α-hetero) is 1. The van der Waals surface area contributed by atoms with Crippen molar-refractivity contribution in [1.29, 1.82) is 0 Å². The van der Waals surface area contributed by atoms with Crippen LogP contribution in [-0.2, 0) is 4.79 Å². The number of fused-ring (bicyclic) bond motifs is 1. The summed E-state index contributed by atoms with van der Waals surface area (Å²) in [5.74, 6) is 0.519. The molecule has 0 fully saturated rings. The van der Waals surface area contributed by atoms with Crippen molar-refractivity contribution in [3.05, 3.63) is 53.1 Å². The van der Waals surface area contributed by atoms with E-state index < -0.39 is 0 Å². The number of carbonyl (C=O) groups is 2. The number of nitrogens with zero attached hydrogens (tertiary/aromatic N) is 1. The van der Waals surface area contributed by atoms with Crippen molar-refractivity contribution in [3.63, 3.8) is 0 Å². The molecule has 1 heterocycles. The predicted molar refractivity (Wildman–Crippen MR) is 98.8 cm³/mol. The van der Waals surface area contributed by atoms with Crippen LogP contribution in [0.15, 0.2) is 42.5 Å². The van der Waals surface area contributed by atoms with Gasteiger partial charge in [-0.05, 0) is 56.3 Å². The molecule has 130 valence electrons. The zero-order valence-electron chi connectivity index (χ0n) is 14.1. The monoisotopic (exact) mass is 358 g/mol. The molecule has 25 heavy (non-hydrogen) atoms. The molecule has 1 aliphatic heterocycles. The molecular weight excluding hydrogens is 340 g/mol. The molecule has 5 nitrogen and oxygen atoms in total. The Kier molecular flexibility index (Phi) is 4.95. The summed E-state index contributed by atoms with van der Waals surface area (Å²) in [4.78, 5) is 26.0. The highest BCUT2D eigenvalue weighted by atomic mass is 35.5. The maximum Gasteiger partial charge on any atom is 0.243 e. The Morgan fingerprint density at radius 2 is 1.96 bits per heavy atom. The van der Waals surface area contributed by atoms with Gasteiger partial charge in [-0.3, -0.25) is 9.59 Å². The smallest absolute Gasteiger partial charge is 0.243 e. The molecular formula is C19H19ClN2O3. The van der Waals surface area contributed by atoms with E-state index in [-0.39, 0.29) is 24.3 Å². The number of hydrogen-bond donors (Lipinski definition) is 1. The summed E-state index contributed by atoms with van der Waals surface area (Å²) in [6, 6.07) is 12.3. The lowest BCUT2D eigenvalue weighted by atomic mass is 10.1. The van der Waals surface area contributed by atoms with Crippen LogP contribution in [0.25, 0.3) is 0 Å². The van der Waals surface area contributed by atoms with Crippen molar-refractivity contribution in [1.82, 2.24) is 0 Å². The van der Waals surface area contributed by atoms with Crippen LogP contribution in [0.2, 0.25) is 5.02 Å². The van der Waals surface area contributed by atoms with Gasteiger partial charge in [0.15, 0.2) is 5.78 Å². The van der Waals surface area contributed by atoms with Gasteiger partial charge < -0.3 is 15.0 Å². The van der Waals surface area contributed by atoms with E-state index in [1.807, 2.05) is 11.8 Å². The Labute approximate surface area is 151 Å². The van der Waals surface area contributed by atoms with Gasteiger partial charge in [-0.1, -0.05) is 11.6 Å². The third-order valence-corrected chi connectivity index (χ3v) is 4.23. The second-order valence-corrected chi connectivity index (χ2v) is 6.54. The number of ether oxygens (including phenoxy) is 1. The Balaban J connectivity index is 1.78. The zero-order valence-corrected chi connectivity index (χ0v) is 14.8. The van der Waals surface area contributed by atoms with Crippen LogP contribution in [-0.4, -0.2) is 30.9 Å². The molecule has 3 rings (SSSR count). The summed E-state index contributed by atoms with van der Waals surface area (Å²) < 4.78 is 5.81. The Morgan fingerprint density at radius 1 is 1.24 bits per heavy atom. The van der Waals surface area contributed by atoms with Crippen molar-refractivity contribution in [3.8, 4) is 5.75 Å². The van der Waals surface area contributed by atoms with Crippen LogP contribution in [0, 0.1) is 0 Å². The van der Waals surface area contributed by atoms with Gasteiger partial charge in [-0.2, -0.15) is 0 Å². The number of hydrogen-bond acceptors (Lipinski definition) is 4. The van der Waals surface area contributed by atoms with Crippen molar-refractivity contribution in [2.75, 3.05) is 23.3 Å². The maximum atomic E-state index is 12.4. The van der Waals surface area contributed by atoms with Crippen molar-refractivity contribution >= 4 is 34.7 Å². The summed E-state index contributed by atoms with van der Waals surface area (Å²) >= 11 is 5.85. The number of anilines is 2. The Bertz CT molecular complexity index is 805. The number of amides is 1. The second-order valence-electron chi connectivity index (χ2n) is 6.10. The molecule has 0 radical (unpaired) electrons. The fourth-order valence-electron chi connectivity index (χ4n) is 2.80. The molecule has 1 atom stereocenters. The highest BCUT2D eigenvalue weighted by molar-refractivity contribution is 6.30. The highest BCUT2D eigenvalue weighted by Gasteiger charge is 2.25. The number of ketones is 1. The second kappa shape index (κ2) is 7.15. The molecule has 6 heteroatoms. The summed E-state index contributed by atoms with van der Waals surface area (Å²) in [5.41, 5.74) is 2.05. The lowest BCUT2D eigenvalue weighted by Crippen LogP contribution is -2.42. The van der Waals surface area contributed by atoms with Crippen LogP contribution in [0.5, 0.6) is 5.75 Å². The lowest BCUT2D eigenvalue weighted by molar-refractivity contribution is -0.115. The average molecular weight is 359 g/mol. The summed E-state index contributed by atoms with van der Waals surface area (Å²) in [5, 5.41) is 3.47. The van der Waals surface area contributed by atoms with Crippen molar-refractivity contribution in [2.45, 2.75) is 20.0 Å². The largest absolute Gasteiger partial charge is 0.487 e. The first-order valence-corrected chi connectivity index (χ1v) is 8.42. The van der Waals surface area contributed by atoms with Gasteiger partial charge in [0.25, 0.3) is 0 Å². The van der Waals surface area contributed by atoms with Crippen molar-refractivity contribution < 1.29 is 14.3 Å². The van der Waals surface area contributed by atoms with Gasteiger partial charge in [-0.25, -0.2) is 0 Å². The lowest BCUT2D eigenvalue weighted by Gasteiger charge is -2.34. The molecule has 0 aromatic heterocycles. The molecule has 0 aliphatic carbocycles. The van der Waals surface area contributed by atoms with Crippen LogP contribution in [0.1, 0.15) is 24.2 Å². The number of rotatable bonds is 4. The molecule has 0 saturated carbocycles. The SMILES string of the molecule is CC(=O)c1ccc2c(c1)N(CC(=O)Nc1ccc(Cl)cc1)CC(C)O2. The first-order valence-electron chi connectivity index (χ1n) is 8.04. The molecule has 2 aromatic carbocycles. The molecule has 0 bridgehead atoms. The molecule has 1 unspecified atom stereocenters. The van der Waals surface area contributed by atoms with E-state index in [0.717, 1.165) is 5.69 Å². The van der Waals surface area contributed by atoms with E-state index in [0.29, 0.717) is 28.6 Å². The van der Waals surface area contributed by atoms with Gasteiger partial charge in [0, 0.05) is 16.3 Å². The predicted octanol–water partition coefficient (Wildman–Crippen LogP) is 3.77. The van der Waals surface area contributed by atoms with E-state index in [4.69, 9.17) is 16.3 Å². The molecule has 0 saturated heterocycles. The fourth-order valence-corrected chi connectivity index (χ4v) is 2.93. The number of carbonyl (C=O) groups excluding carboxylic acids is 2. The Hall–Kier alpha value is -2.53. The quantitative estimate of drug-likeness (QED) is 0.845. The van der Waals surface area contributed by atoms with Crippen LogP contribution in [0.3, 0.4) is 0 Å². The van der Waals surface area contributed by atoms with E-state index in [9.17, 15) is 9.59 Å². The molecule has 1 amide bonds. The van der Waals surface area contributed by atoms with Gasteiger partial charge in [0.05, 0.1) is 18.8 Å². The summed E-state index contributed by atoms with van der Waals surface area (Å²) in [7, 11) is 0. The minimum Gasteiger partial charge on any atom is -0.487 e. The first-order chi connectivity index (χ1) is 11.9. The van der Waals surface area contributed by atoms with Gasteiger partial charge in [0.1, 0.15) is 11.9 Å². The van der Waals surface area contributed by atoms with Crippen LogP contribution >= 0.6 is 11.6 Å². The van der Waals surface area contributed by atoms with Gasteiger partial charge in [-0.15, -0.1) is 0 Å². The van der Waals surface area contributed by atoms with Gasteiger partial charge in [0.2, 0.25) is 5.91 Å². The topological polar surface area (TPSA) is 58.6 Å². The maximum absolute atomic E-state index is 12.4. The van der Waals surface area contributed by atoms with E-state index in [1.54, 1.807) is 42.5 Å². The standard InChI is InChI=1S/C19H19ClN2O3/c1-12-10-22(11-19(24)21-16-6-4-15(20)5-7-16)17-9-14(13(2)23)3-8-18(17)25-12/h3-9,12H,10-11H2,1-2H3,(H,21,24). The minimum absolute atomic E-state index is 0.0213. The number of benzene rings is 2. The number of nitrogens with one attached hydrogen (secondary N) is 1. The summed E-state index contributed by atoms with van der Waals surface area (Å²) in [6.45, 7) is 4.21. The molecule has 1 N–H and O–H groups in total. The molecule has 0 spiro atoms. The van der Waals surface area contributed by atoms with Crippen molar-refractivity contribution in [2.24, 2.45) is 0 Å². The zero-order chi connectivity index (χ0) is 18.0. The number of halogens is 1. The minimum atomic E-state index is -0.143. The van der Waals surface area contributed by atoms with E-state index >= 15 is 0 Å². The average Bonchev–Trinajstić information content (AvgIpc) is 2.56. The summed E-state index contributed by atoms with van der Waals surface area (Å²) in [6.07, 6.45) is -0.0426. The third kappa shape index (κ3) is 4.12. The van der Waals surface area contributed by atoms with E-state index in [2.05, 4.69) is 5.32 Å². The van der Waals surface area contributed by atoms with Gasteiger partial charge >= 0.3 is 0 Å². The third-order valence-electron chi connectivity index (χ3n) is 3.97. The highest BCUT2D eigenvalue weighted by Crippen LogP contribution is 2.34. The molecule has 2 aromatic rings. The van der Waals surface area contributed by atoms with E-state index in [1.165, 1.54) is 6.92 Å². The molecule has 1 aliphatic rings. The van der Waals surface area contributed by atoms with Crippen LogP contribution in [0.4, 0.5) is 11.4 Å². The fraction of sp³-hybridized carbons (Fsp3) is 0.263. The Morgan fingerprint density at radius 3 is 2.64 bits per heavy atom.